The van der Waals surface area contributed by atoms with E-state index >= 15 is 0 Å². The molecule has 1 heterocycles. The molecule has 0 unspecified atom stereocenters. The van der Waals surface area contributed by atoms with Gasteiger partial charge in [-0.15, -0.1) is 0 Å². The van der Waals surface area contributed by atoms with E-state index < -0.39 is 0 Å². The number of ether oxygens (including phenoxy) is 2. The molecule has 0 amide bonds. The normalized spacial score (nSPS) is 17.5. The topological polar surface area (TPSA) is 44.5 Å². The first-order valence-electron chi connectivity index (χ1n) is 6.09. The van der Waals surface area contributed by atoms with E-state index in [0.717, 1.165) is 37.4 Å². The van der Waals surface area contributed by atoms with Crippen LogP contribution in [0.15, 0.2) is 30.3 Å². The van der Waals surface area contributed by atoms with Crippen LogP contribution in [0.5, 0.6) is 5.75 Å². The van der Waals surface area contributed by atoms with Crippen LogP contribution in [0.1, 0.15) is 18.4 Å². The first-order chi connectivity index (χ1) is 8.38. The van der Waals surface area contributed by atoms with Gasteiger partial charge in [0.25, 0.3) is 0 Å². The van der Waals surface area contributed by atoms with Gasteiger partial charge in [0, 0.05) is 19.4 Å². The Morgan fingerprint density at radius 3 is 2.94 bits per heavy atom. The van der Waals surface area contributed by atoms with E-state index in [1.165, 1.54) is 0 Å². The van der Waals surface area contributed by atoms with Gasteiger partial charge in [-0.3, -0.25) is 0 Å². The third-order valence-corrected chi connectivity index (χ3v) is 2.78. The summed E-state index contributed by atoms with van der Waals surface area (Å²) in [6.07, 6.45) is 6.19. The van der Waals surface area contributed by atoms with Crippen molar-refractivity contribution in [2.24, 2.45) is 5.73 Å². The summed E-state index contributed by atoms with van der Waals surface area (Å²) in [5.74, 6) is 0.927. The maximum Gasteiger partial charge on any atom is 0.120 e. The lowest BCUT2D eigenvalue weighted by molar-refractivity contribution is 0.0256. The van der Waals surface area contributed by atoms with Gasteiger partial charge in [0.1, 0.15) is 11.9 Å². The summed E-state index contributed by atoms with van der Waals surface area (Å²) in [7, 11) is 0. The van der Waals surface area contributed by atoms with E-state index in [1.807, 2.05) is 36.4 Å². The van der Waals surface area contributed by atoms with Crippen LogP contribution in [0.2, 0.25) is 0 Å². The molecule has 92 valence electrons. The van der Waals surface area contributed by atoms with Gasteiger partial charge in [0.15, 0.2) is 0 Å². The van der Waals surface area contributed by atoms with Crippen molar-refractivity contribution in [2.45, 2.75) is 18.9 Å². The maximum absolute atomic E-state index is 5.93. The van der Waals surface area contributed by atoms with E-state index in [-0.39, 0.29) is 6.10 Å². The number of hydrogen-bond donors (Lipinski definition) is 1. The number of rotatable bonds is 4. The van der Waals surface area contributed by atoms with Gasteiger partial charge in [-0.2, -0.15) is 0 Å². The summed E-state index contributed by atoms with van der Waals surface area (Å²) in [5.41, 5.74) is 6.56. The SMILES string of the molecule is NC/C=C/c1cccc(OC2CCOCC2)c1. The predicted octanol–water partition coefficient (Wildman–Crippen LogP) is 2.22. The van der Waals surface area contributed by atoms with Crippen LogP contribution in [0, 0.1) is 0 Å². The van der Waals surface area contributed by atoms with Crippen LogP contribution in [-0.2, 0) is 4.74 Å². The average molecular weight is 233 g/mol. The fourth-order valence-electron chi connectivity index (χ4n) is 1.88. The average Bonchev–Trinajstić information content (AvgIpc) is 2.38. The van der Waals surface area contributed by atoms with Crippen molar-refractivity contribution in [3.63, 3.8) is 0 Å². The number of benzene rings is 1. The smallest absolute Gasteiger partial charge is 0.120 e. The van der Waals surface area contributed by atoms with E-state index in [1.54, 1.807) is 0 Å². The zero-order chi connectivity index (χ0) is 11.9. The molecule has 0 saturated carbocycles. The molecule has 3 heteroatoms. The van der Waals surface area contributed by atoms with Gasteiger partial charge >= 0.3 is 0 Å². The Kier molecular flexibility index (Phi) is 4.59. The first kappa shape index (κ1) is 12.1. The Labute approximate surface area is 102 Å². The molecule has 1 aromatic carbocycles. The van der Waals surface area contributed by atoms with Crippen LogP contribution in [0.4, 0.5) is 0 Å². The molecule has 17 heavy (non-hydrogen) atoms. The van der Waals surface area contributed by atoms with Gasteiger partial charge in [0.2, 0.25) is 0 Å². The highest BCUT2D eigenvalue weighted by atomic mass is 16.5. The molecule has 1 fully saturated rings. The molecule has 3 nitrogen and oxygen atoms in total. The molecule has 2 N–H and O–H groups in total. The molecular formula is C14H19NO2. The second-order valence-electron chi connectivity index (χ2n) is 4.14. The van der Waals surface area contributed by atoms with Crippen LogP contribution < -0.4 is 10.5 Å². The molecular weight excluding hydrogens is 214 g/mol. The van der Waals surface area contributed by atoms with Crippen molar-refractivity contribution in [3.8, 4) is 5.75 Å². The van der Waals surface area contributed by atoms with Crippen LogP contribution in [0.25, 0.3) is 6.08 Å². The van der Waals surface area contributed by atoms with Gasteiger partial charge in [0.05, 0.1) is 13.2 Å². The van der Waals surface area contributed by atoms with Crippen molar-refractivity contribution in [1.82, 2.24) is 0 Å². The molecule has 1 aliphatic heterocycles. The Morgan fingerprint density at radius 1 is 1.35 bits per heavy atom. The minimum Gasteiger partial charge on any atom is -0.490 e. The summed E-state index contributed by atoms with van der Waals surface area (Å²) in [4.78, 5) is 0. The lowest BCUT2D eigenvalue weighted by Gasteiger charge is -2.23. The van der Waals surface area contributed by atoms with E-state index in [9.17, 15) is 0 Å². The Morgan fingerprint density at radius 2 is 2.18 bits per heavy atom. The van der Waals surface area contributed by atoms with Crippen molar-refractivity contribution >= 4 is 6.08 Å². The second kappa shape index (κ2) is 6.42. The Hall–Kier alpha value is -1.32. The third kappa shape index (κ3) is 3.88. The predicted molar refractivity (Wildman–Crippen MR) is 69.0 cm³/mol. The fraction of sp³-hybridized carbons (Fsp3) is 0.429. The molecule has 0 radical (unpaired) electrons. The van der Waals surface area contributed by atoms with Gasteiger partial charge < -0.3 is 15.2 Å². The minimum absolute atomic E-state index is 0.289. The summed E-state index contributed by atoms with van der Waals surface area (Å²) < 4.78 is 11.2. The molecule has 0 bridgehead atoms. The molecule has 1 aliphatic rings. The maximum atomic E-state index is 5.93. The molecule has 0 atom stereocenters. The molecule has 0 spiro atoms. The Bertz CT molecular complexity index is 370. The van der Waals surface area contributed by atoms with Crippen LogP contribution in [0.3, 0.4) is 0 Å². The molecule has 0 aromatic heterocycles. The van der Waals surface area contributed by atoms with Crippen molar-refractivity contribution in [2.75, 3.05) is 19.8 Å². The van der Waals surface area contributed by atoms with Gasteiger partial charge in [-0.05, 0) is 17.7 Å². The Balaban J connectivity index is 1.97. The summed E-state index contributed by atoms with van der Waals surface area (Å²) in [6, 6.07) is 8.09. The largest absolute Gasteiger partial charge is 0.490 e. The summed E-state index contributed by atoms with van der Waals surface area (Å²) in [6.45, 7) is 2.17. The van der Waals surface area contributed by atoms with E-state index in [4.69, 9.17) is 15.2 Å². The summed E-state index contributed by atoms with van der Waals surface area (Å²) >= 11 is 0. The van der Waals surface area contributed by atoms with Crippen LogP contribution in [-0.4, -0.2) is 25.9 Å². The lowest BCUT2D eigenvalue weighted by Crippen LogP contribution is -2.25. The zero-order valence-electron chi connectivity index (χ0n) is 9.97. The lowest BCUT2D eigenvalue weighted by atomic mass is 10.1. The standard InChI is InChI=1S/C14H19NO2/c15-8-2-4-12-3-1-5-14(11-12)17-13-6-9-16-10-7-13/h1-5,11,13H,6-10,15H2/b4-2+. The number of nitrogens with two attached hydrogens (primary N) is 1. The monoisotopic (exact) mass is 233 g/mol. The quantitative estimate of drug-likeness (QED) is 0.867. The molecule has 0 aliphatic carbocycles. The van der Waals surface area contributed by atoms with Gasteiger partial charge in [-0.25, -0.2) is 0 Å². The van der Waals surface area contributed by atoms with E-state index in [2.05, 4.69) is 0 Å². The molecule has 2 rings (SSSR count). The highest BCUT2D eigenvalue weighted by Crippen LogP contribution is 2.19. The van der Waals surface area contributed by atoms with Crippen molar-refractivity contribution < 1.29 is 9.47 Å². The fourth-order valence-corrected chi connectivity index (χ4v) is 1.88. The third-order valence-electron chi connectivity index (χ3n) is 2.78. The highest BCUT2D eigenvalue weighted by Gasteiger charge is 2.14. The highest BCUT2D eigenvalue weighted by molar-refractivity contribution is 5.51. The molecule has 1 aromatic rings. The van der Waals surface area contributed by atoms with Crippen molar-refractivity contribution in [1.29, 1.82) is 0 Å². The summed E-state index contributed by atoms with van der Waals surface area (Å²) in [5, 5.41) is 0. The minimum atomic E-state index is 0.289. The van der Waals surface area contributed by atoms with Crippen molar-refractivity contribution in [3.05, 3.63) is 35.9 Å². The number of hydrogen-bond acceptors (Lipinski definition) is 3. The van der Waals surface area contributed by atoms with E-state index in [0.29, 0.717) is 6.54 Å². The van der Waals surface area contributed by atoms with Crippen LogP contribution >= 0.6 is 0 Å². The van der Waals surface area contributed by atoms with Gasteiger partial charge in [-0.1, -0.05) is 24.3 Å². The first-order valence-corrected chi connectivity index (χ1v) is 6.09. The molecule has 1 saturated heterocycles. The second-order valence-corrected chi connectivity index (χ2v) is 4.14. The zero-order valence-corrected chi connectivity index (χ0v) is 9.97.